The fourth-order valence-electron chi connectivity index (χ4n) is 2.55. The Bertz CT molecular complexity index is 848. The minimum Gasteiger partial charge on any atom is -0.629 e. The van der Waals surface area contributed by atoms with Crippen LogP contribution in [0.3, 0.4) is 0 Å². The van der Waals surface area contributed by atoms with Gasteiger partial charge in [0.1, 0.15) is 18.8 Å². The molecule has 0 fully saturated rings. The number of fused-ring (bicyclic) bond motifs is 1. The van der Waals surface area contributed by atoms with Crippen LogP contribution in [0.4, 0.5) is 13.2 Å². The third-order valence-corrected chi connectivity index (χ3v) is 4.03. The van der Waals surface area contributed by atoms with Crippen LogP contribution in [0.1, 0.15) is 17.3 Å². The molecule has 24 heavy (non-hydrogen) atoms. The second kappa shape index (κ2) is 6.18. The highest BCUT2D eigenvalue weighted by Gasteiger charge is 2.40. The minimum atomic E-state index is -4.63. The monoisotopic (exact) mass is 355 g/mol. The van der Waals surface area contributed by atoms with Crippen molar-refractivity contribution in [2.75, 3.05) is 6.54 Å². The fraction of sp³-hybridized carbons (Fsp3) is 0.188. The van der Waals surface area contributed by atoms with Gasteiger partial charge >= 0.3 is 6.18 Å². The maximum absolute atomic E-state index is 13.2. The number of nitrogens with two attached hydrogens (primary N) is 1. The van der Waals surface area contributed by atoms with E-state index in [1.165, 1.54) is 12.3 Å². The highest BCUT2D eigenvalue weighted by molar-refractivity contribution is 6.35. The zero-order chi connectivity index (χ0) is 17.5. The van der Waals surface area contributed by atoms with Crippen molar-refractivity contribution in [3.8, 4) is 0 Å². The summed E-state index contributed by atoms with van der Waals surface area (Å²) in [5.41, 5.74) is 5.89. The Morgan fingerprint density at radius 3 is 2.75 bits per heavy atom. The van der Waals surface area contributed by atoms with Gasteiger partial charge in [-0.1, -0.05) is 23.7 Å². The van der Waals surface area contributed by atoms with Gasteiger partial charge in [-0.2, -0.15) is 13.2 Å². The molecule has 2 aromatic rings. The van der Waals surface area contributed by atoms with Gasteiger partial charge in [0, 0.05) is 10.9 Å². The summed E-state index contributed by atoms with van der Waals surface area (Å²) in [7, 11) is 0. The van der Waals surface area contributed by atoms with E-state index >= 15 is 0 Å². The van der Waals surface area contributed by atoms with E-state index < -0.39 is 12.2 Å². The third-order valence-electron chi connectivity index (χ3n) is 3.72. The summed E-state index contributed by atoms with van der Waals surface area (Å²) in [5.74, 6) is 0. The molecule has 3 rings (SSSR count). The van der Waals surface area contributed by atoms with E-state index in [2.05, 4.69) is 4.98 Å². The van der Waals surface area contributed by atoms with Crippen LogP contribution >= 0.6 is 11.6 Å². The number of pyridine rings is 1. The van der Waals surface area contributed by atoms with Crippen LogP contribution in [-0.4, -0.2) is 17.7 Å². The van der Waals surface area contributed by atoms with Crippen molar-refractivity contribution in [3.05, 3.63) is 64.1 Å². The number of nitrogens with one attached hydrogen (secondary N) is 1. The van der Waals surface area contributed by atoms with Crippen molar-refractivity contribution in [1.82, 2.24) is 4.98 Å². The summed E-state index contributed by atoms with van der Waals surface area (Å²) in [6.45, 7) is 0.207. The van der Waals surface area contributed by atoms with Crippen molar-refractivity contribution in [2.24, 2.45) is 5.73 Å². The lowest BCUT2D eigenvalue weighted by Gasteiger charge is -2.23. The summed E-state index contributed by atoms with van der Waals surface area (Å²) in [4.78, 5) is 4.28. The molecule has 2 atom stereocenters. The van der Waals surface area contributed by atoms with E-state index in [0.717, 1.165) is 0 Å². The molecule has 1 aliphatic rings. The van der Waals surface area contributed by atoms with E-state index in [9.17, 15) is 18.4 Å². The Hall–Kier alpha value is -1.93. The van der Waals surface area contributed by atoms with E-state index in [1.807, 2.05) is 0 Å². The van der Waals surface area contributed by atoms with Gasteiger partial charge in [0.2, 0.25) is 0 Å². The van der Waals surface area contributed by atoms with Crippen LogP contribution in [-0.2, 0) is 0 Å². The summed E-state index contributed by atoms with van der Waals surface area (Å²) in [6.07, 6.45) is -0.207. The SMILES string of the molecule is NC(c1cc2cccc(Cl)c2nc1C1=C[NH+]([O-])CC=C1)C(F)(F)F. The van der Waals surface area contributed by atoms with Gasteiger partial charge in [0.15, 0.2) is 0 Å². The van der Waals surface area contributed by atoms with Gasteiger partial charge in [-0.15, -0.1) is 0 Å². The second-order valence-electron chi connectivity index (χ2n) is 5.43. The van der Waals surface area contributed by atoms with Crippen molar-refractivity contribution in [1.29, 1.82) is 0 Å². The van der Waals surface area contributed by atoms with Crippen molar-refractivity contribution in [2.45, 2.75) is 12.2 Å². The topological polar surface area (TPSA) is 66.4 Å². The van der Waals surface area contributed by atoms with Gasteiger partial charge in [-0.05, 0) is 24.3 Å². The highest BCUT2D eigenvalue weighted by atomic mass is 35.5. The largest absolute Gasteiger partial charge is 0.629 e. The summed E-state index contributed by atoms with van der Waals surface area (Å²) in [5, 5.41) is 12.2. The molecule has 4 nitrogen and oxygen atoms in total. The number of aromatic nitrogens is 1. The Balaban J connectivity index is 2.28. The lowest BCUT2D eigenvalue weighted by Crippen LogP contribution is -3.02. The number of hydroxylamine groups is 2. The molecule has 2 unspecified atom stereocenters. The van der Waals surface area contributed by atoms with Gasteiger partial charge < -0.3 is 16.0 Å². The summed E-state index contributed by atoms with van der Waals surface area (Å²) >= 11 is 6.10. The maximum atomic E-state index is 13.2. The van der Waals surface area contributed by atoms with Crippen molar-refractivity contribution in [3.63, 3.8) is 0 Å². The average molecular weight is 356 g/mol. The van der Waals surface area contributed by atoms with Crippen LogP contribution in [0.5, 0.6) is 0 Å². The predicted octanol–water partition coefficient (Wildman–Crippen LogP) is 2.74. The van der Waals surface area contributed by atoms with E-state index in [4.69, 9.17) is 17.3 Å². The molecule has 0 spiro atoms. The molecule has 0 aliphatic carbocycles. The van der Waals surface area contributed by atoms with Crippen LogP contribution in [0.25, 0.3) is 16.5 Å². The first-order valence-electron chi connectivity index (χ1n) is 7.10. The number of alkyl halides is 3. The van der Waals surface area contributed by atoms with Crippen LogP contribution in [0, 0.1) is 5.21 Å². The molecule has 1 aromatic heterocycles. The Morgan fingerprint density at radius 2 is 2.08 bits per heavy atom. The Labute approximate surface area is 140 Å². The van der Waals surface area contributed by atoms with Gasteiger partial charge in [0.05, 0.1) is 21.8 Å². The molecule has 1 aliphatic heterocycles. The molecule has 0 radical (unpaired) electrons. The van der Waals surface area contributed by atoms with Crippen LogP contribution in [0.15, 0.2) is 42.6 Å². The number of nitrogens with zero attached hydrogens (tertiary/aromatic N) is 1. The first-order valence-corrected chi connectivity index (χ1v) is 7.48. The molecule has 0 bridgehead atoms. The normalized spacial score (nSPS) is 19.4. The summed E-state index contributed by atoms with van der Waals surface area (Å²) in [6, 6.07) is 3.95. The van der Waals surface area contributed by atoms with E-state index in [1.54, 1.807) is 30.4 Å². The average Bonchev–Trinajstić information content (AvgIpc) is 2.52. The molecule has 3 N–H and O–H groups in total. The highest BCUT2D eigenvalue weighted by Crippen LogP contribution is 2.36. The Morgan fingerprint density at radius 1 is 1.33 bits per heavy atom. The lowest BCUT2D eigenvalue weighted by atomic mass is 9.97. The second-order valence-corrected chi connectivity index (χ2v) is 5.84. The van der Waals surface area contributed by atoms with Gasteiger partial charge in [-0.25, -0.2) is 4.98 Å². The maximum Gasteiger partial charge on any atom is 0.407 e. The number of allylic oxidation sites excluding steroid dienone is 2. The van der Waals surface area contributed by atoms with Crippen LogP contribution < -0.4 is 10.8 Å². The first kappa shape index (κ1) is 16.9. The molecular weight excluding hydrogens is 343 g/mol. The number of halogens is 4. The molecule has 8 heteroatoms. The molecule has 1 aromatic carbocycles. The number of rotatable bonds is 2. The van der Waals surface area contributed by atoms with E-state index in [0.29, 0.717) is 21.5 Å². The third kappa shape index (κ3) is 3.16. The predicted molar refractivity (Wildman–Crippen MR) is 86.1 cm³/mol. The fourth-order valence-corrected chi connectivity index (χ4v) is 2.78. The zero-order valence-corrected chi connectivity index (χ0v) is 13.0. The quantitative estimate of drug-likeness (QED) is 0.814. The van der Waals surface area contributed by atoms with Crippen molar-refractivity contribution < 1.29 is 18.2 Å². The molecule has 0 amide bonds. The first-order chi connectivity index (χ1) is 11.3. The molecule has 0 saturated heterocycles. The van der Waals surface area contributed by atoms with Gasteiger partial charge in [-0.3, -0.25) is 0 Å². The number of benzene rings is 1. The van der Waals surface area contributed by atoms with E-state index in [-0.39, 0.29) is 22.9 Å². The minimum absolute atomic E-state index is 0.0183. The smallest absolute Gasteiger partial charge is 0.407 e. The van der Waals surface area contributed by atoms with Crippen LogP contribution in [0.2, 0.25) is 5.02 Å². The Kier molecular flexibility index (Phi) is 4.35. The number of para-hydroxylation sites is 1. The zero-order valence-electron chi connectivity index (χ0n) is 12.3. The van der Waals surface area contributed by atoms with Crippen molar-refractivity contribution >= 4 is 28.1 Å². The lowest BCUT2D eigenvalue weighted by molar-refractivity contribution is -0.783. The molecule has 126 valence electrons. The number of quaternary nitrogens is 1. The van der Waals surface area contributed by atoms with Gasteiger partial charge in [0.25, 0.3) is 0 Å². The molecular formula is C16H13ClF3N3O. The molecule has 0 saturated carbocycles. The summed E-state index contributed by atoms with van der Waals surface area (Å²) < 4.78 is 39.5. The molecule has 2 heterocycles. The standard InChI is InChI=1S/C16H13ClF3N3O/c17-12-5-1-3-9-7-11(15(21)16(18,19)20)13(22-14(9)12)10-4-2-6-23(24)8-10/h1-5,7-8,15,23H,6,21H2. The number of hydrogen-bond donors (Lipinski definition) is 2. The number of hydrogen-bond acceptors (Lipinski definition) is 3.